The van der Waals surface area contributed by atoms with Crippen molar-refractivity contribution >= 4 is 29.9 Å². The van der Waals surface area contributed by atoms with E-state index in [0.29, 0.717) is 18.7 Å². The minimum atomic E-state index is -0.634. The van der Waals surface area contributed by atoms with Gasteiger partial charge in [-0.05, 0) is 23.1 Å². The molecular formula is C23H29ClFN3O2. The quantitative estimate of drug-likeness (QED) is 0.753. The van der Waals surface area contributed by atoms with Gasteiger partial charge in [0, 0.05) is 30.9 Å². The maximum atomic E-state index is 13.8. The SMILES string of the molecule is CC(C)(C)CN1C(=O)C(CC(=O)NCc2ccccc2F)NCc2ccccc21.Cl. The Kier molecular flexibility index (Phi) is 7.98. The number of nitrogens with one attached hydrogen (secondary N) is 2. The highest BCUT2D eigenvalue weighted by Gasteiger charge is 2.33. The van der Waals surface area contributed by atoms with E-state index >= 15 is 0 Å². The number of benzene rings is 2. The van der Waals surface area contributed by atoms with E-state index in [0.717, 1.165) is 11.3 Å². The Balaban J connectivity index is 0.00000320. The van der Waals surface area contributed by atoms with Crippen LogP contribution in [0.15, 0.2) is 48.5 Å². The van der Waals surface area contributed by atoms with Gasteiger partial charge in [0.25, 0.3) is 0 Å². The van der Waals surface area contributed by atoms with E-state index in [1.807, 2.05) is 24.3 Å². The van der Waals surface area contributed by atoms with Crippen molar-refractivity contribution in [3.63, 3.8) is 0 Å². The molecule has 1 heterocycles. The first kappa shape index (κ1) is 23.8. The van der Waals surface area contributed by atoms with Crippen molar-refractivity contribution in [2.45, 2.75) is 46.3 Å². The predicted molar refractivity (Wildman–Crippen MR) is 119 cm³/mol. The number of fused-ring (bicyclic) bond motifs is 1. The van der Waals surface area contributed by atoms with E-state index in [1.165, 1.54) is 6.07 Å². The van der Waals surface area contributed by atoms with Crippen LogP contribution < -0.4 is 15.5 Å². The van der Waals surface area contributed by atoms with E-state index in [2.05, 4.69) is 31.4 Å². The number of carbonyl (C=O) groups is 2. The van der Waals surface area contributed by atoms with Crippen molar-refractivity contribution in [2.75, 3.05) is 11.4 Å². The lowest BCUT2D eigenvalue weighted by Gasteiger charge is -2.31. The van der Waals surface area contributed by atoms with Crippen molar-refractivity contribution in [1.29, 1.82) is 0 Å². The molecule has 2 aromatic rings. The highest BCUT2D eigenvalue weighted by atomic mass is 35.5. The third-order valence-corrected chi connectivity index (χ3v) is 4.84. The summed E-state index contributed by atoms with van der Waals surface area (Å²) in [4.78, 5) is 27.5. The minimum absolute atomic E-state index is 0. The molecule has 5 nitrogen and oxygen atoms in total. The second-order valence-electron chi connectivity index (χ2n) is 8.62. The van der Waals surface area contributed by atoms with Crippen molar-refractivity contribution < 1.29 is 14.0 Å². The summed E-state index contributed by atoms with van der Waals surface area (Å²) < 4.78 is 13.8. The van der Waals surface area contributed by atoms with Gasteiger partial charge in [0.15, 0.2) is 0 Å². The summed E-state index contributed by atoms with van der Waals surface area (Å²) in [5, 5.41) is 5.94. The molecule has 0 radical (unpaired) electrons. The fourth-order valence-electron chi connectivity index (χ4n) is 3.44. The van der Waals surface area contributed by atoms with Gasteiger partial charge in [-0.1, -0.05) is 57.2 Å². The van der Waals surface area contributed by atoms with Crippen molar-refractivity contribution in [3.8, 4) is 0 Å². The van der Waals surface area contributed by atoms with Gasteiger partial charge in [-0.15, -0.1) is 12.4 Å². The lowest BCUT2D eigenvalue weighted by molar-refractivity contribution is -0.127. The molecule has 0 aliphatic carbocycles. The molecule has 1 unspecified atom stereocenters. The second kappa shape index (κ2) is 10.0. The Morgan fingerprint density at radius 2 is 1.83 bits per heavy atom. The van der Waals surface area contributed by atoms with Crippen LogP contribution in [0, 0.1) is 11.2 Å². The third kappa shape index (κ3) is 6.03. The monoisotopic (exact) mass is 433 g/mol. The Labute approximate surface area is 183 Å². The average Bonchev–Trinajstić information content (AvgIpc) is 2.79. The first-order valence-corrected chi connectivity index (χ1v) is 9.87. The van der Waals surface area contributed by atoms with Crippen LogP contribution >= 0.6 is 12.4 Å². The van der Waals surface area contributed by atoms with Gasteiger partial charge in [-0.3, -0.25) is 9.59 Å². The van der Waals surface area contributed by atoms with Gasteiger partial charge in [0.1, 0.15) is 5.82 Å². The fraction of sp³-hybridized carbons (Fsp3) is 0.391. The van der Waals surface area contributed by atoms with Gasteiger partial charge in [-0.2, -0.15) is 0 Å². The Morgan fingerprint density at radius 3 is 2.53 bits per heavy atom. The van der Waals surface area contributed by atoms with Gasteiger partial charge in [0.05, 0.1) is 12.5 Å². The number of carbonyl (C=O) groups excluding carboxylic acids is 2. The second-order valence-corrected chi connectivity index (χ2v) is 8.62. The summed E-state index contributed by atoms with van der Waals surface area (Å²) in [5.74, 6) is -0.769. The molecule has 30 heavy (non-hydrogen) atoms. The van der Waals surface area contributed by atoms with E-state index < -0.39 is 6.04 Å². The van der Waals surface area contributed by atoms with E-state index in [1.54, 1.807) is 23.1 Å². The lowest BCUT2D eigenvalue weighted by atomic mass is 9.95. The summed E-state index contributed by atoms with van der Waals surface area (Å²) in [6.07, 6.45) is 0.00190. The highest BCUT2D eigenvalue weighted by molar-refractivity contribution is 6.00. The van der Waals surface area contributed by atoms with E-state index in [-0.39, 0.29) is 48.4 Å². The Bertz CT molecular complexity index is 898. The van der Waals surface area contributed by atoms with Crippen molar-refractivity contribution in [3.05, 3.63) is 65.5 Å². The van der Waals surface area contributed by atoms with Crippen LogP contribution in [0.2, 0.25) is 0 Å². The van der Waals surface area contributed by atoms with Crippen LogP contribution in [-0.2, 0) is 22.7 Å². The zero-order chi connectivity index (χ0) is 21.0. The summed E-state index contributed by atoms with van der Waals surface area (Å²) in [6.45, 7) is 7.40. The van der Waals surface area contributed by atoms with Crippen molar-refractivity contribution in [2.24, 2.45) is 5.41 Å². The molecular weight excluding hydrogens is 405 g/mol. The van der Waals surface area contributed by atoms with Gasteiger partial charge in [-0.25, -0.2) is 4.39 Å². The molecule has 0 aromatic heterocycles. The molecule has 0 saturated heterocycles. The molecule has 1 atom stereocenters. The summed E-state index contributed by atoms with van der Waals surface area (Å²) in [7, 11) is 0. The summed E-state index contributed by atoms with van der Waals surface area (Å²) >= 11 is 0. The summed E-state index contributed by atoms with van der Waals surface area (Å²) in [6, 6.07) is 13.5. The molecule has 0 bridgehead atoms. The van der Waals surface area contributed by atoms with Crippen LogP contribution in [0.3, 0.4) is 0 Å². The smallest absolute Gasteiger partial charge is 0.244 e. The molecule has 2 N–H and O–H groups in total. The highest BCUT2D eigenvalue weighted by Crippen LogP contribution is 2.28. The van der Waals surface area contributed by atoms with Crippen LogP contribution in [0.25, 0.3) is 0 Å². The first-order chi connectivity index (χ1) is 13.7. The van der Waals surface area contributed by atoms with Crippen LogP contribution in [-0.4, -0.2) is 24.4 Å². The zero-order valence-electron chi connectivity index (χ0n) is 17.6. The van der Waals surface area contributed by atoms with E-state index in [9.17, 15) is 14.0 Å². The van der Waals surface area contributed by atoms with Gasteiger partial charge < -0.3 is 15.5 Å². The average molecular weight is 434 g/mol. The number of hydrogen-bond donors (Lipinski definition) is 2. The van der Waals surface area contributed by atoms with Crippen LogP contribution in [0.4, 0.5) is 10.1 Å². The number of anilines is 1. The topological polar surface area (TPSA) is 61.4 Å². The largest absolute Gasteiger partial charge is 0.352 e. The first-order valence-electron chi connectivity index (χ1n) is 9.87. The van der Waals surface area contributed by atoms with Crippen LogP contribution in [0.1, 0.15) is 38.3 Å². The maximum absolute atomic E-state index is 13.8. The van der Waals surface area contributed by atoms with Gasteiger partial charge >= 0.3 is 0 Å². The summed E-state index contributed by atoms with van der Waals surface area (Å²) in [5.41, 5.74) is 2.24. The predicted octanol–water partition coefficient (Wildman–Crippen LogP) is 3.80. The molecule has 0 spiro atoms. The molecule has 2 amide bonds. The minimum Gasteiger partial charge on any atom is -0.352 e. The molecule has 162 valence electrons. The lowest BCUT2D eigenvalue weighted by Crippen LogP contribution is -2.48. The number of amides is 2. The maximum Gasteiger partial charge on any atom is 0.244 e. The number of hydrogen-bond acceptors (Lipinski definition) is 3. The van der Waals surface area contributed by atoms with Gasteiger partial charge in [0.2, 0.25) is 11.8 Å². The molecule has 3 rings (SSSR count). The molecule has 1 aliphatic rings. The third-order valence-electron chi connectivity index (χ3n) is 4.84. The Morgan fingerprint density at radius 1 is 1.17 bits per heavy atom. The fourth-order valence-corrected chi connectivity index (χ4v) is 3.44. The number of halogens is 2. The molecule has 7 heteroatoms. The molecule has 0 fully saturated rings. The Hall–Kier alpha value is -2.44. The van der Waals surface area contributed by atoms with E-state index in [4.69, 9.17) is 0 Å². The number of nitrogens with zero attached hydrogens (tertiary/aromatic N) is 1. The number of rotatable bonds is 5. The van der Waals surface area contributed by atoms with Crippen molar-refractivity contribution in [1.82, 2.24) is 10.6 Å². The molecule has 1 aliphatic heterocycles. The molecule has 0 saturated carbocycles. The molecule has 2 aromatic carbocycles. The normalized spacial score (nSPS) is 16.3. The van der Waals surface area contributed by atoms with Crippen LogP contribution in [0.5, 0.6) is 0 Å². The standard InChI is InChI=1S/C23H28FN3O2.ClH/c1-23(2,3)15-27-20-11-7-5-9-17(20)14-25-19(22(27)29)12-21(28)26-13-16-8-4-6-10-18(16)24;/h4-11,19,25H,12-15H2,1-3H3,(H,26,28);1H. The zero-order valence-corrected chi connectivity index (χ0v) is 18.4. The number of para-hydroxylation sites is 1.